The summed E-state index contributed by atoms with van der Waals surface area (Å²) in [6.45, 7) is 6.06. The number of nitrogens with one attached hydrogen (secondary N) is 1. The zero-order valence-electron chi connectivity index (χ0n) is 13.4. The zero-order chi connectivity index (χ0) is 16.4. The maximum atomic E-state index is 12.4. The Labute approximate surface area is 140 Å². The summed E-state index contributed by atoms with van der Waals surface area (Å²) in [5.41, 5.74) is 4.93. The van der Waals surface area contributed by atoms with Crippen molar-refractivity contribution in [3.8, 4) is 11.3 Å². The summed E-state index contributed by atoms with van der Waals surface area (Å²) < 4.78 is 0. The van der Waals surface area contributed by atoms with E-state index in [0.29, 0.717) is 10.7 Å². The molecule has 0 saturated carbocycles. The first-order chi connectivity index (χ1) is 11.0. The lowest BCUT2D eigenvalue weighted by Crippen LogP contribution is -2.12. The Balaban J connectivity index is 1.83. The van der Waals surface area contributed by atoms with Crippen LogP contribution in [0.1, 0.15) is 26.4 Å². The number of thiazole rings is 1. The minimum atomic E-state index is -0.124. The quantitative estimate of drug-likeness (QED) is 0.738. The summed E-state index contributed by atoms with van der Waals surface area (Å²) in [5.74, 6) is -0.124. The maximum absolute atomic E-state index is 12.4. The molecule has 0 spiro atoms. The molecular formula is C19H18N2OS. The summed E-state index contributed by atoms with van der Waals surface area (Å²) in [6.07, 6.45) is 0. The van der Waals surface area contributed by atoms with Gasteiger partial charge in [0.15, 0.2) is 5.13 Å². The fourth-order valence-corrected chi connectivity index (χ4v) is 3.20. The SMILES string of the molecule is Cc1ccc(C(=O)Nc2nc(-c3ccccc3)c(C)s2)cc1C. The van der Waals surface area contributed by atoms with Gasteiger partial charge >= 0.3 is 0 Å². The Morgan fingerprint density at radius 2 is 1.74 bits per heavy atom. The highest BCUT2D eigenvalue weighted by Gasteiger charge is 2.13. The maximum Gasteiger partial charge on any atom is 0.257 e. The van der Waals surface area contributed by atoms with Crippen LogP contribution in [0.3, 0.4) is 0 Å². The Kier molecular flexibility index (Phi) is 4.26. The normalized spacial score (nSPS) is 10.6. The van der Waals surface area contributed by atoms with Crippen molar-refractivity contribution >= 4 is 22.4 Å². The van der Waals surface area contributed by atoms with Gasteiger partial charge in [-0.05, 0) is 44.0 Å². The van der Waals surface area contributed by atoms with Gasteiger partial charge in [-0.1, -0.05) is 36.4 Å². The molecule has 0 radical (unpaired) electrons. The second kappa shape index (κ2) is 6.34. The number of nitrogens with zero attached hydrogens (tertiary/aromatic N) is 1. The van der Waals surface area contributed by atoms with Crippen molar-refractivity contribution < 1.29 is 4.79 Å². The van der Waals surface area contributed by atoms with E-state index in [9.17, 15) is 4.79 Å². The van der Waals surface area contributed by atoms with Crippen LogP contribution in [0.4, 0.5) is 5.13 Å². The van der Waals surface area contributed by atoms with Gasteiger partial charge in [-0.3, -0.25) is 10.1 Å². The van der Waals surface area contributed by atoms with Gasteiger partial charge in [0.25, 0.3) is 5.91 Å². The van der Waals surface area contributed by atoms with Gasteiger partial charge in [0, 0.05) is 16.0 Å². The van der Waals surface area contributed by atoms with Crippen LogP contribution in [0.25, 0.3) is 11.3 Å². The molecule has 0 aliphatic heterocycles. The molecule has 23 heavy (non-hydrogen) atoms. The van der Waals surface area contributed by atoms with Crippen molar-refractivity contribution in [1.29, 1.82) is 0 Å². The highest BCUT2D eigenvalue weighted by Crippen LogP contribution is 2.30. The predicted molar refractivity (Wildman–Crippen MR) is 96.2 cm³/mol. The summed E-state index contributed by atoms with van der Waals surface area (Å²) >= 11 is 1.50. The molecule has 0 fully saturated rings. The molecule has 1 amide bonds. The smallest absolute Gasteiger partial charge is 0.257 e. The van der Waals surface area contributed by atoms with Gasteiger partial charge in [-0.15, -0.1) is 11.3 Å². The summed E-state index contributed by atoms with van der Waals surface area (Å²) in [6, 6.07) is 15.7. The molecule has 0 aliphatic rings. The number of benzene rings is 2. The molecule has 1 heterocycles. The molecule has 1 N–H and O–H groups in total. The molecule has 0 saturated heterocycles. The van der Waals surface area contributed by atoms with Crippen LogP contribution in [0, 0.1) is 20.8 Å². The Morgan fingerprint density at radius 1 is 1.00 bits per heavy atom. The van der Waals surface area contributed by atoms with Crippen molar-refractivity contribution in [3.05, 3.63) is 70.1 Å². The lowest BCUT2D eigenvalue weighted by Gasteiger charge is -2.05. The van der Waals surface area contributed by atoms with E-state index >= 15 is 0 Å². The van der Waals surface area contributed by atoms with Gasteiger partial charge in [-0.25, -0.2) is 4.98 Å². The average Bonchev–Trinajstić information content (AvgIpc) is 2.91. The van der Waals surface area contributed by atoms with Gasteiger partial charge in [-0.2, -0.15) is 0 Å². The topological polar surface area (TPSA) is 42.0 Å². The third-order valence-electron chi connectivity index (χ3n) is 3.83. The molecule has 0 aliphatic carbocycles. The van der Waals surface area contributed by atoms with E-state index in [1.165, 1.54) is 16.9 Å². The third kappa shape index (κ3) is 3.32. The van der Waals surface area contributed by atoms with Gasteiger partial charge in [0.05, 0.1) is 5.69 Å². The molecule has 3 aromatic rings. The molecule has 0 bridgehead atoms. The van der Waals surface area contributed by atoms with E-state index in [4.69, 9.17) is 0 Å². The van der Waals surface area contributed by atoms with Crippen molar-refractivity contribution in [2.24, 2.45) is 0 Å². The van der Waals surface area contributed by atoms with Gasteiger partial charge in [0.1, 0.15) is 0 Å². The van der Waals surface area contributed by atoms with E-state index in [0.717, 1.165) is 21.7 Å². The van der Waals surface area contributed by atoms with Crippen molar-refractivity contribution in [2.45, 2.75) is 20.8 Å². The summed E-state index contributed by atoms with van der Waals surface area (Å²) in [5, 5.41) is 3.53. The number of rotatable bonds is 3. The largest absolute Gasteiger partial charge is 0.298 e. The average molecular weight is 322 g/mol. The van der Waals surface area contributed by atoms with E-state index in [2.05, 4.69) is 10.3 Å². The van der Waals surface area contributed by atoms with Gasteiger partial charge < -0.3 is 0 Å². The van der Waals surface area contributed by atoms with Crippen LogP contribution >= 0.6 is 11.3 Å². The second-order valence-corrected chi connectivity index (χ2v) is 6.75. The highest BCUT2D eigenvalue weighted by molar-refractivity contribution is 7.16. The standard InChI is InChI=1S/C19H18N2OS/c1-12-9-10-16(11-13(12)2)18(22)21-19-20-17(14(3)23-19)15-7-5-4-6-8-15/h4-11H,1-3H3,(H,20,21,22). The molecule has 116 valence electrons. The number of aromatic nitrogens is 1. The number of amides is 1. The molecule has 3 rings (SSSR count). The van der Waals surface area contributed by atoms with Crippen LogP contribution in [0.2, 0.25) is 0 Å². The number of hydrogen-bond donors (Lipinski definition) is 1. The Hall–Kier alpha value is -2.46. The Morgan fingerprint density at radius 3 is 2.43 bits per heavy atom. The molecular weight excluding hydrogens is 304 g/mol. The number of carbonyl (C=O) groups excluding carboxylic acids is 1. The van der Waals surface area contributed by atoms with E-state index < -0.39 is 0 Å². The van der Waals surface area contributed by atoms with Crippen LogP contribution in [0.15, 0.2) is 48.5 Å². The molecule has 0 atom stereocenters. The number of hydrogen-bond acceptors (Lipinski definition) is 3. The number of carbonyl (C=O) groups is 1. The number of anilines is 1. The fraction of sp³-hybridized carbons (Fsp3) is 0.158. The van der Waals surface area contributed by atoms with Crippen LogP contribution in [-0.2, 0) is 0 Å². The van der Waals surface area contributed by atoms with E-state index in [1.807, 2.05) is 69.3 Å². The highest BCUT2D eigenvalue weighted by atomic mass is 32.1. The van der Waals surface area contributed by atoms with E-state index in [1.54, 1.807) is 0 Å². The first kappa shape index (κ1) is 15.4. The summed E-state index contributed by atoms with van der Waals surface area (Å²) in [7, 11) is 0. The van der Waals surface area contributed by atoms with Crippen molar-refractivity contribution in [3.63, 3.8) is 0 Å². The van der Waals surface area contributed by atoms with Crippen molar-refractivity contribution in [1.82, 2.24) is 4.98 Å². The molecule has 3 nitrogen and oxygen atoms in total. The van der Waals surface area contributed by atoms with Crippen LogP contribution in [-0.4, -0.2) is 10.9 Å². The molecule has 2 aromatic carbocycles. The predicted octanol–water partition coefficient (Wildman–Crippen LogP) is 4.99. The van der Waals surface area contributed by atoms with Crippen molar-refractivity contribution in [2.75, 3.05) is 5.32 Å². The fourth-order valence-electron chi connectivity index (χ4n) is 2.37. The van der Waals surface area contributed by atoms with Crippen LogP contribution < -0.4 is 5.32 Å². The van der Waals surface area contributed by atoms with E-state index in [-0.39, 0.29) is 5.91 Å². The zero-order valence-corrected chi connectivity index (χ0v) is 14.2. The molecule has 4 heteroatoms. The first-order valence-corrected chi connectivity index (χ1v) is 8.27. The third-order valence-corrected chi connectivity index (χ3v) is 4.72. The molecule has 1 aromatic heterocycles. The molecule has 0 unspecified atom stereocenters. The van der Waals surface area contributed by atoms with Gasteiger partial charge in [0.2, 0.25) is 0 Å². The van der Waals surface area contributed by atoms with Crippen LogP contribution in [0.5, 0.6) is 0 Å². The first-order valence-electron chi connectivity index (χ1n) is 7.46. The lowest BCUT2D eigenvalue weighted by molar-refractivity contribution is 0.102. The Bertz CT molecular complexity index is 853. The minimum absolute atomic E-state index is 0.124. The summed E-state index contributed by atoms with van der Waals surface area (Å²) in [4.78, 5) is 18.1. The monoisotopic (exact) mass is 322 g/mol. The second-order valence-electron chi connectivity index (χ2n) is 5.54. The lowest BCUT2D eigenvalue weighted by atomic mass is 10.1. The minimum Gasteiger partial charge on any atom is -0.298 e. The number of aryl methyl sites for hydroxylation is 3.